The first kappa shape index (κ1) is 14.7. The van der Waals surface area contributed by atoms with E-state index in [0.717, 1.165) is 19.6 Å². The van der Waals surface area contributed by atoms with Crippen LogP contribution in [0.3, 0.4) is 0 Å². The molecule has 1 aliphatic rings. The van der Waals surface area contributed by atoms with Gasteiger partial charge in [-0.2, -0.15) is 0 Å². The zero-order chi connectivity index (χ0) is 11.5. The Morgan fingerprint density at radius 1 is 1.53 bits per heavy atom. The molecule has 1 aliphatic heterocycles. The fourth-order valence-electron chi connectivity index (χ4n) is 2.01. The molecule has 0 bridgehead atoms. The molecule has 2 rings (SSSR count). The summed E-state index contributed by atoms with van der Waals surface area (Å²) in [4.78, 5) is 2.27. The molecule has 5 heteroatoms. The maximum Gasteiger partial charge on any atom is 0.146 e. The topological polar surface area (TPSA) is 15.3 Å². The molecule has 0 unspecified atom stereocenters. The maximum atomic E-state index is 13.7. The lowest BCUT2D eigenvalue weighted by molar-refractivity contribution is 0.164. The van der Waals surface area contributed by atoms with E-state index in [-0.39, 0.29) is 23.2 Å². The number of hydrogen-bond donors (Lipinski definition) is 1. The van der Waals surface area contributed by atoms with Crippen LogP contribution in [0.1, 0.15) is 12.5 Å². The largest absolute Gasteiger partial charge is 0.314 e. The second-order valence-corrected chi connectivity index (χ2v) is 4.64. The minimum atomic E-state index is -0.283. The predicted molar refractivity (Wildman–Crippen MR) is 71.4 cm³/mol. The lowest BCUT2D eigenvalue weighted by atomic mass is 10.1. The van der Waals surface area contributed by atoms with Crippen molar-refractivity contribution in [2.24, 2.45) is 0 Å². The van der Waals surface area contributed by atoms with Gasteiger partial charge in [-0.3, -0.25) is 4.90 Å². The molecule has 0 saturated carbocycles. The van der Waals surface area contributed by atoms with Crippen molar-refractivity contribution in [2.75, 3.05) is 19.6 Å². The predicted octanol–water partition coefficient (Wildman–Crippen LogP) is 2.69. The molecule has 0 radical (unpaired) electrons. The molecule has 1 fully saturated rings. The third kappa shape index (κ3) is 3.55. The Kier molecular flexibility index (Phi) is 5.67. The van der Waals surface area contributed by atoms with Gasteiger partial charge in [0.05, 0.1) is 5.02 Å². The van der Waals surface area contributed by atoms with Crippen LogP contribution in [0.4, 0.5) is 4.39 Å². The van der Waals surface area contributed by atoms with Crippen molar-refractivity contribution in [2.45, 2.75) is 19.5 Å². The molecule has 96 valence electrons. The fraction of sp³-hybridized carbons (Fsp3) is 0.500. The highest BCUT2D eigenvalue weighted by atomic mass is 35.5. The molecule has 1 aromatic rings. The smallest absolute Gasteiger partial charge is 0.146 e. The Hall–Kier alpha value is -0.350. The van der Waals surface area contributed by atoms with Crippen molar-refractivity contribution in [3.8, 4) is 0 Å². The van der Waals surface area contributed by atoms with E-state index in [1.54, 1.807) is 18.2 Å². The first-order valence-corrected chi connectivity index (χ1v) is 5.94. The molecule has 1 atom stereocenters. The monoisotopic (exact) mass is 278 g/mol. The molecule has 2 nitrogen and oxygen atoms in total. The molecule has 0 aromatic heterocycles. The summed E-state index contributed by atoms with van der Waals surface area (Å²) in [5.41, 5.74) is 0.682. The van der Waals surface area contributed by atoms with Gasteiger partial charge in [-0.25, -0.2) is 4.39 Å². The van der Waals surface area contributed by atoms with Gasteiger partial charge in [0.1, 0.15) is 5.82 Å². The average Bonchev–Trinajstić information content (AvgIpc) is 2.28. The van der Waals surface area contributed by atoms with Crippen molar-refractivity contribution >= 4 is 24.0 Å². The van der Waals surface area contributed by atoms with Crippen LogP contribution >= 0.6 is 24.0 Å². The van der Waals surface area contributed by atoms with E-state index in [9.17, 15) is 4.39 Å². The van der Waals surface area contributed by atoms with Crippen LogP contribution in [-0.4, -0.2) is 30.6 Å². The number of hydrogen-bond acceptors (Lipinski definition) is 2. The number of halogens is 3. The molecule has 1 heterocycles. The summed E-state index contributed by atoms with van der Waals surface area (Å²) in [6, 6.07) is 5.62. The first-order chi connectivity index (χ1) is 7.68. The minimum Gasteiger partial charge on any atom is -0.314 e. The van der Waals surface area contributed by atoms with Crippen molar-refractivity contribution in [3.63, 3.8) is 0 Å². The van der Waals surface area contributed by atoms with Gasteiger partial charge in [0, 0.05) is 37.8 Å². The SMILES string of the molecule is C[C@H]1CNCCN1Cc1cccc(Cl)c1F.Cl. The number of nitrogens with one attached hydrogen (secondary N) is 1. The van der Waals surface area contributed by atoms with Gasteiger partial charge >= 0.3 is 0 Å². The van der Waals surface area contributed by atoms with E-state index in [1.165, 1.54) is 0 Å². The molecular formula is C12H17Cl2FN2. The number of rotatable bonds is 2. The average molecular weight is 279 g/mol. The summed E-state index contributed by atoms with van der Waals surface area (Å²) in [6.45, 7) is 5.66. The van der Waals surface area contributed by atoms with E-state index in [2.05, 4.69) is 17.1 Å². The lowest BCUT2D eigenvalue weighted by Gasteiger charge is -2.33. The van der Waals surface area contributed by atoms with Crippen LogP contribution in [0.5, 0.6) is 0 Å². The Morgan fingerprint density at radius 2 is 2.29 bits per heavy atom. The highest BCUT2D eigenvalue weighted by Crippen LogP contribution is 2.20. The Labute approximate surface area is 113 Å². The second kappa shape index (κ2) is 6.55. The van der Waals surface area contributed by atoms with Crippen molar-refractivity contribution in [1.82, 2.24) is 10.2 Å². The number of nitrogens with zero attached hydrogens (tertiary/aromatic N) is 1. The number of benzene rings is 1. The van der Waals surface area contributed by atoms with Gasteiger partial charge < -0.3 is 5.32 Å². The van der Waals surface area contributed by atoms with Gasteiger partial charge in [0.2, 0.25) is 0 Å². The zero-order valence-corrected chi connectivity index (χ0v) is 11.3. The third-order valence-corrected chi connectivity index (χ3v) is 3.34. The highest BCUT2D eigenvalue weighted by molar-refractivity contribution is 6.30. The van der Waals surface area contributed by atoms with Crippen LogP contribution < -0.4 is 5.32 Å². The molecule has 1 saturated heterocycles. The number of piperazine rings is 1. The van der Waals surface area contributed by atoms with E-state index in [4.69, 9.17) is 11.6 Å². The van der Waals surface area contributed by atoms with Gasteiger partial charge in [-0.05, 0) is 13.0 Å². The summed E-state index contributed by atoms with van der Waals surface area (Å²) >= 11 is 5.76. The van der Waals surface area contributed by atoms with E-state index in [1.807, 2.05) is 0 Å². The Balaban J connectivity index is 0.00000144. The van der Waals surface area contributed by atoms with E-state index < -0.39 is 0 Å². The highest BCUT2D eigenvalue weighted by Gasteiger charge is 2.19. The molecule has 0 spiro atoms. The van der Waals surface area contributed by atoms with Crippen molar-refractivity contribution in [3.05, 3.63) is 34.6 Å². The summed E-state index contributed by atoms with van der Waals surface area (Å²) < 4.78 is 13.7. The van der Waals surface area contributed by atoms with Crippen LogP contribution in [0.2, 0.25) is 5.02 Å². The van der Waals surface area contributed by atoms with E-state index >= 15 is 0 Å². The molecular weight excluding hydrogens is 262 g/mol. The Bertz CT molecular complexity index is 374. The normalized spacial score (nSPS) is 21.0. The summed E-state index contributed by atoms with van der Waals surface area (Å²) in [5.74, 6) is -0.283. The molecule has 0 amide bonds. The maximum absolute atomic E-state index is 13.7. The quantitative estimate of drug-likeness (QED) is 0.895. The van der Waals surface area contributed by atoms with Crippen LogP contribution in [0.15, 0.2) is 18.2 Å². The molecule has 17 heavy (non-hydrogen) atoms. The van der Waals surface area contributed by atoms with Crippen LogP contribution in [-0.2, 0) is 6.54 Å². The van der Waals surface area contributed by atoms with Gasteiger partial charge in [-0.15, -0.1) is 12.4 Å². The Morgan fingerprint density at radius 3 is 3.00 bits per heavy atom. The first-order valence-electron chi connectivity index (χ1n) is 5.56. The third-order valence-electron chi connectivity index (χ3n) is 3.04. The summed E-state index contributed by atoms with van der Waals surface area (Å²) in [7, 11) is 0. The van der Waals surface area contributed by atoms with Crippen LogP contribution in [0, 0.1) is 5.82 Å². The van der Waals surface area contributed by atoms with E-state index in [0.29, 0.717) is 18.2 Å². The second-order valence-electron chi connectivity index (χ2n) is 4.24. The molecule has 0 aliphatic carbocycles. The van der Waals surface area contributed by atoms with Gasteiger partial charge in [0.25, 0.3) is 0 Å². The summed E-state index contributed by atoms with van der Waals surface area (Å²) in [6.07, 6.45) is 0. The van der Waals surface area contributed by atoms with Crippen molar-refractivity contribution in [1.29, 1.82) is 0 Å². The standard InChI is InChI=1S/C12H16ClFN2.ClH/c1-9-7-15-5-6-16(9)8-10-3-2-4-11(13)12(10)14;/h2-4,9,15H,5-8H2,1H3;1H/t9-;/m0./s1. The fourth-order valence-corrected chi connectivity index (χ4v) is 2.20. The minimum absolute atomic E-state index is 0. The van der Waals surface area contributed by atoms with Gasteiger partial charge in [0.15, 0.2) is 0 Å². The molecule has 1 aromatic carbocycles. The summed E-state index contributed by atoms with van der Waals surface area (Å²) in [5, 5.41) is 3.52. The van der Waals surface area contributed by atoms with Crippen LogP contribution in [0.25, 0.3) is 0 Å². The van der Waals surface area contributed by atoms with Crippen molar-refractivity contribution < 1.29 is 4.39 Å². The lowest BCUT2D eigenvalue weighted by Crippen LogP contribution is -2.49. The van der Waals surface area contributed by atoms with Gasteiger partial charge in [-0.1, -0.05) is 23.7 Å². The zero-order valence-electron chi connectivity index (χ0n) is 9.75. The molecule has 1 N–H and O–H groups in total.